The minimum atomic E-state index is -1.17. The Morgan fingerprint density at radius 2 is 1.56 bits per heavy atom. The molecule has 0 radical (unpaired) electrons. The highest BCUT2D eigenvalue weighted by molar-refractivity contribution is 5.89. The standard InChI is InChI=1S/C27H30N2O5/c30-25(31)14-24(26(32)28-23-13-16-9-11-17(23)12-10-16)29-27(33)34-15-22-20-7-3-1-5-18(20)19-6-2-4-8-21(19)22/h1-8,16-17,22-24H,9-15H2,(H,28,32)(H,29,33)(H,30,31). The molecule has 0 aromatic heterocycles. The molecular weight excluding hydrogens is 432 g/mol. The molecule has 2 aromatic carbocycles. The molecule has 34 heavy (non-hydrogen) atoms. The normalized spacial score (nSPS) is 23.5. The largest absolute Gasteiger partial charge is 0.481 e. The summed E-state index contributed by atoms with van der Waals surface area (Å²) in [7, 11) is 0. The Kier molecular flexibility index (Phi) is 6.26. The molecule has 0 heterocycles. The number of carbonyl (C=O) groups is 3. The molecule has 178 valence electrons. The summed E-state index contributed by atoms with van der Waals surface area (Å²) < 4.78 is 5.52. The SMILES string of the molecule is O=C(O)CC(NC(=O)OCC1c2ccccc2-c2ccccc21)C(=O)NC1CC2CCC1CC2. The Hall–Kier alpha value is -3.35. The average molecular weight is 463 g/mol. The van der Waals surface area contributed by atoms with Crippen LogP contribution in [0.5, 0.6) is 0 Å². The number of amides is 2. The second-order valence-corrected chi connectivity index (χ2v) is 9.75. The molecule has 4 aliphatic rings. The van der Waals surface area contributed by atoms with Crippen LogP contribution in [-0.2, 0) is 14.3 Å². The monoisotopic (exact) mass is 462 g/mol. The van der Waals surface area contributed by atoms with E-state index in [0.717, 1.165) is 41.5 Å². The van der Waals surface area contributed by atoms with E-state index in [4.69, 9.17) is 4.74 Å². The van der Waals surface area contributed by atoms with Gasteiger partial charge in [0.25, 0.3) is 0 Å². The predicted octanol–water partition coefficient (Wildman–Crippen LogP) is 4.06. The first-order chi connectivity index (χ1) is 16.5. The molecule has 6 rings (SSSR count). The van der Waals surface area contributed by atoms with Crippen molar-refractivity contribution in [3.05, 3.63) is 59.7 Å². The zero-order chi connectivity index (χ0) is 23.7. The second-order valence-electron chi connectivity index (χ2n) is 9.75. The van der Waals surface area contributed by atoms with Gasteiger partial charge in [0.1, 0.15) is 12.6 Å². The van der Waals surface area contributed by atoms with Crippen molar-refractivity contribution in [3.63, 3.8) is 0 Å². The van der Waals surface area contributed by atoms with Gasteiger partial charge < -0.3 is 20.5 Å². The third-order valence-electron chi connectivity index (χ3n) is 7.71. The minimum Gasteiger partial charge on any atom is -0.481 e. The van der Waals surface area contributed by atoms with E-state index < -0.39 is 30.4 Å². The number of fused-ring (bicyclic) bond motifs is 6. The van der Waals surface area contributed by atoms with E-state index in [1.54, 1.807) is 0 Å². The number of benzene rings is 2. The van der Waals surface area contributed by atoms with Crippen molar-refractivity contribution in [2.45, 2.75) is 56.5 Å². The molecule has 4 aliphatic carbocycles. The lowest BCUT2D eigenvalue weighted by atomic mass is 9.68. The number of nitrogens with one attached hydrogen (secondary N) is 2. The van der Waals surface area contributed by atoms with Crippen LogP contribution in [0.2, 0.25) is 0 Å². The molecule has 2 aromatic rings. The third-order valence-corrected chi connectivity index (χ3v) is 7.71. The maximum Gasteiger partial charge on any atom is 0.407 e. The highest BCUT2D eigenvalue weighted by atomic mass is 16.5. The number of hydrogen-bond donors (Lipinski definition) is 3. The van der Waals surface area contributed by atoms with Crippen LogP contribution in [0.25, 0.3) is 11.1 Å². The lowest BCUT2D eigenvalue weighted by molar-refractivity contribution is -0.140. The van der Waals surface area contributed by atoms with Crippen LogP contribution in [-0.4, -0.2) is 41.8 Å². The summed E-state index contributed by atoms with van der Waals surface area (Å²) in [6, 6.07) is 14.9. The fourth-order valence-corrected chi connectivity index (χ4v) is 6.00. The summed E-state index contributed by atoms with van der Waals surface area (Å²) in [6.45, 7) is 0.105. The lowest BCUT2D eigenvalue weighted by Gasteiger charge is -2.43. The average Bonchev–Trinajstić information content (AvgIpc) is 3.16. The Morgan fingerprint density at radius 1 is 0.941 bits per heavy atom. The lowest BCUT2D eigenvalue weighted by Crippen LogP contribution is -2.54. The van der Waals surface area contributed by atoms with E-state index in [-0.39, 0.29) is 18.6 Å². The molecule has 0 saturated heterocycles. The highest BCUT2D eigenvalue weighted by Crippen LogP contribution is 2.44. The number of rotatable bonds is 7. The maximum absolute atomic E-state index is 12.9. The number of alkyl carbamates (subject to hydrolysis) is 1. The van der Waals surface area contributed by atoms with Crippen molar-refractivity contribution in [3.8, 4) is 11.1 Å². The van der Waals surface area contributed by atoms with E-state index >= 15 is 0 Å². The van der Waals surface area contributed by atoms with E-state index in [9.17, 15) is 19.5 Å². The highest BCUT2D eigenvalue weighted by Gasteiger charge is 2.38. The maximum atomic E-state index is 12.9. The topological polar surface area (TPSA) is 105 Å². The fraction of sp³-hybridized carbons (Fsp3) is 0.444. The van der Waals surface area contributed by atoms with Crippen molar-refractivity contribution in [2.75, 3.05) is 6.61 Å². The molecule has 3 saturated carbocycles. The predicted molar refractivity (Wildman–Crippen MR) is 126 cm³/mol. The molecule has 7 heteroatoms. The van der Waals surface area contributed by atoms with Crippen LogP contribution in [0, 0.1) is 11.8 Å². The summed E-state index contributed by atoms with van der Waals surface area (Å²) >= 11 is 0. The van der Waals surface area contributed by atoms with Crippen LogP contribution in [0.1, 0.15) is 55.6 Å². The van der Waals surface area contributed by atoms with Crippen LogP contribution in [0.3, 0.4) is 0 Å². The van der Waals surface area contributed by atoms with Gasteiger partial charge in [-0.05, 0) is 53.4 Å². The Balaban J connectivity index is 1.22. The molecule has 2 atom stereocenters. The van der Waals surface area contributed by atoms with Crippen LogP contribution in [0.15, 0.2) is 48.5 Å². The van der Waals surface area contributed by atoms with Crippen LogP contribution >= 0.6 is 0 Å². The van der Waals surface area contributed by atoms with Crippen LogP contribution in [0.4, 0.5) is 4.79 Å². The van der Waals surface area contributed by atoms with Crippen molar-refractivity contribution in [1.29, 1.82) is 0 Å². The fourth-order valence-electron chi connectivity index (χ4n) is 6.00. The van der Waals surface area contributed by atoms with Crippen molar-refractivity contribution >= 4 is 18.0 Å². The number of ether oxygens (including phenoxy) is 1. The molecule has 2 unspecified atom stereocenters. The van der Waals surface area contributed by atoms with E-state index in [0.29, 0.717) is 11.8 Å². The van der Waals surface area contributed by atoms with Gasteiger partial charge in [0.05, 0.1) is 6.42 Å². The Morgan fingerprint density at radius 3 is 2.12 bits per heavy atom. The first-order valence-corrected chi connectivity index (χ1v) is 12.1. The van der Waals surface area contributed by atoms with Crippen molar-refractivity contribution in [2.24, 2.45) is 11.8 Å². The molecule has 3 N–H and O–H groups in total. The number of hydrogen-bond acceptors (Lipinski definition) is 4. The number of aliphatic carboxylic acids is 1. The van der Waals surface area contributed by atoms with Gasteiger partial charge >= 0.3 is 12.1 Å². The molecule has 2 amide bonds. The molecule has 0 spiro atoms. The zero-order valence-electron chi connectivity index (χ0n) is 19.0. The summed E-state index contributed by atoms with van der Waals surface area (Å²) in [5.41, 5.74) is 4.42. The zero-order valence-corrected chi connectivity index (χ0v) is 19.0. The van der Waals surface area contributed by atoms with Gasteiger partial charge in [0.2, 0.25) is 5.91 Å². The summed E-state index contributed by atoms with van der Waals surface area (Å²) in [6.07, 6.45) is 4.26. The summed E-state index contributed by atoms with van der Waals surface area (Å²) in [5, 5.41) is 14.8. The first kappa shape index (κ1) is 22.4. The Bertz CT molecular complexity index is 1050. The molecule has 7 nitrogen and oxygen atoms in total. The summed E-state index contributed by atoms with van der Waals surface area (Å²) in [5.74, 6) is -0.641. The smallest absolute Gasteiger partial charge is 0.407 e. The van der Waals surface area contributed by atoms with Gasteiger partial charge in [-0.25, -0.2) is 4.79 Å². The second kappa shape index (κ2) is 9.49. The van der Waals surface area contributed by atoms with E-state index in [1.165, 1.54) is 12.8 Å². The minimum absolute atomic E-state index is 0.0561. The van der Waals surface area contributed by atoms with E-state index in [1.807, 2.05) is 36.4 Å². The van der Waals surface area contributed by atoms with Gasteiger partial charge in [0.15, 0.2) is 0 Å². The first-order valence-electron chi connectivity index (χ1n) is 12.1. The quantitative estimate of drug-likeness (QED) is 0.576. The molecular formula is C27H30N2O5. The molecule has 0 aliphatic heterocycles. The number of carboxylic acids is 1. The number of carboxylic acid groups (broad SMARTS) is 1. The van der Waals surface area contributed by atoms with Crippen molar-refractivity contribution in [1.82, 2.24) is 10.6 Å². The van der Waals surface area contributed by atoms with Gasteiger partial charge in [-0.3, -0.25) is 9.59 Å². The van der Waals surface area contributed by atoms with Gasteiger partial charge in [-0.15, -0.1) is 0 Å². The van der Waals surface area contributed by atoms with Crippen LogP contribution < -0.4 is 10.6 Å². The molecule has 3 fully saturated rings. The van der Waals surface area contributed by atoms with Gasteiger partial charge in [0, 0.05) is 12.0 Å². The van der Waals surface area contributed by atoms with Gasteiger partial charge in [-0.1, -0.05) is 61.4 Å². The molecule has 2 bridgehead atoms. The Labute approximate surface area is 198 Å². The third kappa shape index (κ3) is 4.52. The van der Waals surface area contributed by atoms with E-state index in [2.05, 4.69) is 22.8 Å². The number of carbonyl (C=O) groups excluding carboxylic acids is 2. The van der Waals surface area contributed by atoms with Crippen molar-refractivity contribution < 1.29 is 24.2 Å². The van der Waals surface area contributed by atoms with Gasteiger partial charge in [-0.2, -0.15) is 0 Å². The summed E-state index contributed by atoms with van der Waals surface area (Å²) in [4.78, 5) is 36.9.